The zero-order chi connectivity index (χ0) is 26.6. The van der Waals surface area contributed by atoms with Gasteiger partial charge in [-0.1, -0.05) is 42.5 Å². The van der Waals surface area contributed by atoms with Crippen LogP contribution < -0.4 is 14.2 Å². The molecule has 0 bridgehead atoms. The third-order valence-electron chi connectivity index (χ3n) is 5.90. The number of fused-ring (bicyclic) bond motifs is 1. The first-order valence-electron chi connectivity index (χ1n) is 11.5. The molecule has 38 heavy (non-hydrogen) atoms. The molecule has 3 N–H and O–H groups in total. The largest absolute Gasteiger partial charge is 0.497 e. The maximum absolute atomic E-state index is 12.4. The molecular formula is C28H24N4O5S. The summed E-state index contributed by atoms with van der Waals surface area (Å²) in [4.78, 5) is 20.3. The molecule has 0 aliphatic heterocycles. The summed E-state index contributed by atoms with van der Waals surface area (Å²) >= 11 is 0.953. The summed E-state index contributed by atoms with van der Waals surface area (Å²) in [6.07, 6.45) is 1.64. The summed E-state index contributed by atoms with van der Waals surface area (Å²) in [7, 11) is 4.73. The fourth-order valence-corrected chi connectivity index (χ4v) is 4.78. The first-order chi connectivity index (χ1) is 18.5. The lowest BCUT2D eigenvalue weighted by Gasteiger charge is -2.06. The minimum atomic E-state index is -1.10. The molecule has 9 nitrogen and oxygen atoms in total. The first-order valence-corrected chi connectivity index (χ1v) is 12.3. The number of benzene rings is 3. The molecule has 0 saturated heterocycles. The van der Waals surface area contributed by atoms with Crippen molar-refractivity contribution in [3.8, 4) is 39.9 Å². The van der Waals surface area contributed by atoms with Gasteiger partial charge in [-0.05, 0) is 41.6 Å². The van der Waals surface area contributed by atoms with Crippen molar-refractivity contribution in [2.24, 2.45) is 0 Å². The third-order valence-corrected chi connectivity index (χ3v) is 6.77. The van der Waals surface area contributed by atoms with Gasteiger partial charge in [0.15, 0.2) is 5.82 Å². The topological polar surface area (TPSA) is 122 Å². The minimum absolute atomic E-state index is 0.0553. The van der Waals surface area contributed by atoms with Gasteiger partial charge in [0.1, 0.15) is 22.2 Å². The Morgan fingerprint density at radius 1 is 0.921 bits per heavy atom. The number of nitrogens with one attached hydrogen (secondary N) is 2. The number of aliphatic carboxylic acids is 1. The van der Waals surface area contributed by atoms with Crippen molar-refractivity contribution < 1.29 is 24.1 Å². The lowest BCUT2D eigenvalue weighted by atomic mass is 10.0. The molecule has 0 radical (unpaired) electrons. The first kappa shape index (κ1) is 25.0. The van der Waals surface area contributed by atoms with E-state index >= 15 is 0 Å². The van der Waals surface area contributed by atoms with Crippen LogP contribution in [0.1, 0.15) is 5.56 Å². The van der Waals surface area contributed by atoms with E-state index in [-0.39, 0.29) is 10.1 Å². The van der Waals surface area contributed by atoms with E-state index in [0.717, 1.165) is 39.5 Å². The lowest BCUT2D eigenvalue weighted by Crippen LogP contribution is -1.97. The Morgan fingerprint density at radius 2 is 1.66 bits per heavy atom. The average molecular weight is 529 g/mol. The second kappa shape index (κ2) is 10.7. The number of nitrogens with zero attached hydrogens (tertiary/aromatic N) is 2. The molecule has 0 aliphatic carbocycles. The fourth-order valence-electron chi connectivity index (χ4n) is 4.09. The zero-order valence-corrected chi connectivity index (χ0v) is 21.6. The Balaban J connectivity index is 1.56. The summed E-state index contributed by atoms with van der Waals surface area (Å²) in [5, 5.41) is 18.3. The number of thioether (sulfide) groups is 1. The molecule has 0 aliphatic rings. The molecule has 0 unspecified atom stereocenters. The minimum Gasteiger partial charge on any atom is -0.497 e. The molecular weight excluding hydrogens is 504 g/mol. The molecule has 10 heteroatoms. The molecule has 5 aromatic rings. The van der Waals surface area contributed by atoms with Gasteiger partial charge in [-0.15, -0.1) is 5.10 Å². The van der Waals surface area contributed by atoms with E-state index < -0.39 is 5.97 Å². The molecule has 0 fully saturated rings. The molecule has 192 valence electrons. The van der Waals surface area contributed by atoms with Crippen LogP contribution in [0.5, 0.6) is 17.2 Å². The Bertz CT molecular complexity index is 1620. The maximum Gasteiger partial charge on any atom is 0.342 e. The predicted octanol–water partition coefficient (Wildman–Crippen LogP) is 5.86. The van der Waals surface area contributed by atoms with Crippen LogP contribution in [0.25, 0.3) is 39.6 Å². The van der Waals surface area contributed by atoms with Gasteiger partial charge in [0.2, 0.25) is 5.16 Å². The Kier molecular flexibility index (Phi) is 7.05. The van der Waals surface area contributed by atoms with Gasteiger partial charge in [0.25, 0.3) is 0 Å². The predicted molar refractivity (Wildman–Crippen MR) is 147 cm³/mol. The normalized spacial score (nSPS) is 11.5. The van der Waals surface area contributed by atoms with Gasteiger partial charge < -0.3 is 24.3 Å². The van der Waals surface area contributed by atoms with Crippen LogP contribution in [0.3, 0.4) is 0 Å². The van der Waals surface area contributed by atoms with Crippen molar-refractivity contribution in [2.75, 3.05) is 21.3 Å². The molecule has 0 amide bonds. The molecule has 2 aromatic heterocycles. The van der Waals surface area contributed by atoms with E-state index in [0.29, 0.717) is 28.6 Å². The summed E-state index contributed by atoms with van der Waals surface area (Å²) < 4.78 is 16.2. The number of carbonyl (C=O) groups is 1. The Morgan fingerprint density at radius 3 is 2.32 bits per heavy atom. The quantitative estimate of drug-likeness (QED) is 0.161. The summed E-state index contributed by atoms with van der Waals surface area (Å²) in [6.45, 7) is 0. The van der Waals surface area contributed by atoms with Crippen LogP contribution in [0.15, 0.2) is 76.8 Å². The van der Waals surface area contributed by atoms with Gasteiger partial charge in [0, 0.05) is 22.6 Å². The summed E-state index contributed by atoms with van der Waals surface area (Å²) in [5.41, 5.74) is 3.89. The van der Waals surface area contributed by atoms with Gasteiger partial charge in [-0.25, -0.2) is 9.78 Å². The van der Waals surface area contributed by atoms with Gasteiger partial charge in [-0.3, -0.25) is 5.10 Å². The molecule has 5 rings (SSSR count). The van der Waals surface area contributed by atoms with E-state index in [1.165, 1.54) is 0 Å². The summed E-state index contributed by atoms with van der Waals surface area (Å²) in [5.74, 6) is 1.21. The number of hydrogen-bond acceptors (Lipinski definition) is 7. The highest BCUT2D eigenvalue weighted by molar-refractivity contribution is 8.04. The highest BCUT2D eigenvalue weighted by Gasteiger charge is 2.20. The number of aromatic amines is 2. The van der Waals surface area contributed by atoms with Crippen LogP contribution in [0, 0.1) is 0 Å². The SMILES string of the molecule is COc1cc(OC)cc(-c2nc(S/C(=C\c3c(-c4ccccc4)[nH]c4c(OC)cccc34)C(=O)O)n[nH]2)c1. The number of carboxylic acids is 1. The highest BCUT2D eigenvalue weighted by atomic mass is 32.2. The van der Waals surface area contributed by atoms with Crippen molar-refractivity contribution in [2.45, 2.75) is 5.16 Å². The second-order valence-electron chi connectivity index (χ2n) is 8.15. The van der Waals surface area contributed by atoms with Crippen LogP contribution in [-0.4, -0.2) is 52.6 Å². The fraction of sp³-hybridized carbons (Fsp3) is 0.107. The van der Waals surface area contributed by atoms with Crippen molar-refractivity contribution in [1.82, 2.24) is 20.2 Å². The molecule has 0 spiro atoms. The molecule has 2 heterocycles. The van der Waals surface area contributed by atoms with Crippen molar-refractivity contribution in [1.29, 1.82) is 0 Å². The number of rotatable bonds is 9. The number of para-hydroxylation sites is 1. The maximum atomic E-state index is 12.4. The van der Waals surface area contributed by atoms with Crippen molar-refractivity contribution in [3.05, 3.63) is 77.2 Å². The smallest absolute Gasteiger partial charge is 0.342 e. The third kappa shape index (κ3) is 4.94. The standard InChI is InChI=1S/C28H24N4O5S/c1-35-18-12-17(13-19(14-18)36-2)26-30-28(32-31-26)38-23(27(33)34)15-21-20-10-7-11-22(37-3)25(20)29-24(21)16-8-5-4-6-9-16/h4-15,29H,1-3H3,(H,33,34)(H,30,31,32)/b23-15-. The molecule has 0 saturated carbocycles. The number of carboxylic acid groups (broad SMARTS) is 1. The number of aromatic nitrogens is 4. The number of H-pyrrole nitrogens is 2. The lowest BCUT2D eigenvalue weighted by molar-refractivity contribution is -0.131. The zero-order valence-electron chi connectivity index (χ0n) is 20.8. The Labute approximate surface area is 222 Å². The Hall–Kier alpha value is -4.70. The van der Waals surface area contributed by atoms with Crippen molar-refractivity contribution >= 4 is 34.7 Å². The van der Waals surface area contributed by atoms with Gasteiger partial charge in [0.05, 0.1) is 32.5 Å². The second-order valence-corrected chi connectivity index (χ2v) is 9.16. The van der Waals surface area contributed by atoms with Crippen LogP contribution in [-0.2, 0) is 4.79 Å². The number of methoxy groups -OCH3 is 3. The van der Waals surface area contributed by atoms with Gasteiger partial charge in [-0.2, -0.15) is 0 Å². The summed E-state index contributed by atoms with van der Waals surface area (Å²) in [6, 6.07) is 20.7. The van der Waals surface area contributed by atoms with Gasteiger partial charge >= 0.3 is 5.97 Å². The highest BCUT2D eigenvalue weighted by Crippen LogP contribution is 2.38. The van der Waals surface area contributed by atoms with Crippen LogP contribution >= 0.6 is 11.8 Å². The van der Waals surface area contributed by atoms with E-state index in [2.05, 4.69) is 20.2 Å². The molecule has 3 aromatic carbocycles. The molecule has 0 atom stereocenters. The van der Waals surface area contributed by atoms with E-state index in [1.807, 2.05) is 48.5 Å². The van der Waals surface area contributed by atoms with Crippen molar-refractivity contribution in [3.63, 3.8) is 0 Å². The average Bonchev–Trinajstić information content (AvgIpc) is 3.57. The van der Waals surface area contributed by atoms with E-state index in [4.69, 9.17) is 14.2 Å². The van der Waals surface area contributed by atoms with E-state index in [1.54, 1.807) is 45.6 Å². The number of ether oxygens (including phenoxy) is 3. The van der Waals surface area contributed by atoms with Crippen LogP contribution in [0.4, 0.5) is 0 Å². The number of hydrogen-bond donors (Lipinski definition) is 3. The van der Waals surface area contributed by atoms with E-state index in [9.17, 15) is 9.90 Å². The van der Waals surface area contributed by atoms with Crippen LogP contribution in [0.2, 0.25) is 0 Å². The monoisotopic (exact) mass is 528 g/mol.